The maximum Gasteiger partial charge on any atom is 0.324 e. The van der Waals surface area contributed by atoms with Crippen molar-refractivity contribution in [2.75, 3.05) is 18.2 Å². The minimum Gasteiger partial charge on any atom is -0.454 e. The van der Waals surface area contributed by atoms with Gasteiger partial charge in [-0.05, 0) is 42.2 Å². The molecule has 3 heterocycles. The molecule has 9 heteroatoms. The number of aromatic nitrogens is 2. The predicted molar refractivity (Wildman–Crippen MR) is 123 cm³/mol. The molecule has 0 saturated carbocycles. The molecule has 2 aliphatic heterocycles. The van der Waals surface area contributed by atoms with Crippen LogP contribution in [0.1, 0.15) is 25.8 Å². The van der Waals surface area contributed by atoms with Crippen LogP contribution < -0.4 is 25.0 Å². The van der Waals surface area contributed by atoms with Gasteiger partial charge in [-0.1, -0.05) is 32.0 Å². The van der Waals surface area contributed by atoms with E-state index in [0.29, 0.717) is 43.5 Å². The van der Waals surface area contributed by atoms with Crippen molar-refractivity contribution in [2.45, 2.75) is 39.4 Å². The monoisotopic (exact) mass is 449 g/mol. The van der Waals surface area contributed by atoms with Gasteiger partial charge in [0.25, 0.3) is 0 Å². The van der Waals surface area contributed by atoms with Crippen LogP contribution >= 0.6 is 0 Å². The minimum atomic E-state index is -0.648. The smallest absolute Gasteiger partial charge is 0.324 e. The normalized spacial score (nSPS) is 15.1. The Bertz CT molecular complexity index is 1200. The first kappa shape index (κ1) is 21.1. The van der Waals surface area contributed by atoms with Gasteiger partial charge in [0.05, 0.1) is 11.0 Å². The lowest BCUT2D eigenvalue weighted by Gasteiger charge is -2.23. The second-order valence-corrected chi connectivity index (χ2v) is 8.74. The largest absolute Gasteiger partial charge is 0.454 e. The molecule has 3 amide bonds. The molecule has 1 aromatic heterocycles. The Labute approximate surface area is 191 Å². The number of imidazole rings is 1. The molecular formula is C24H27N5O4. The molecule has 2 N–H and O–H groups in total. The third kappa shape index (κ3) is 4.18. The fourth-order valence-corrected chi connectivity index (χ4v) is 4.27. The number of hydrogen-bond donors (Lipinski definition) is 2. The third-order valence-electron chi connectivity index (χ3n) is 5.89. The summed E-state index contributed by atoms with van der Waals surface area (Å²) in [4.78, 5) is 32.4. The van der Waals surface area contributed by atoms with Gasteiger partial charge in [0.15, 0.2) is 11.5 Å². The summed E-state index contributed by atoms with van der Waals surface area (Å²) in [5, 5.41) is 5.87. The highest BCUT2D eigenvalue weighted by Crippen LogP contribution is 2.32. The minimum absolute atomic E-state index is 0.206. The van der Waals surface area contributed by atoms with Crippen LogP contribution in [0.5, 0.6) is 11.5 Å². The van der Waals surface area contributed by atoms with Crippen LogP contribution in [-0.2, 0) is 17.9 Å². The van der Waals surface area contributed by atoms with Crippen LogP contribution in [0, 0.1) is 5.92 Å². The van der Waals surface area contributed by atoms with E-state index in [1.165, 1.54) is 0 Å². The highest BCUT2D eigenvalue weighted by molar-refractivity contribution is 5.96. The Kier molecular flexibility index (Phi) is 5.53. The molecule has 5 rings (SSSR count). The Morgan fingerprint density at radius 3 is 2.76 bits per heavy atom. The van der Waals surface area contributed by atoms with Crippen molar-refractivity contribution in [1.82, 2.24) is 20.2 Å². The molecule has 33 heavy (non-hydrogen) atoms. The maximum atomic E-state index is 13.1. The standard InChI is InChI=1S/C24H27N5O4/c1-15(2)11-18(22(30)25-13-16-7-8-20-21(12-16)33-14-32-20)27-24(31)29-10-9-28-19-6-4-3-5-17(19)26-23(28)29/h3-8,12,15,18H,9-11,13-14H2,1-2H3,(H,25,30)(H,27,31)/t18-/m0/s1. The molecule has 2 aliphatic rings. The first-order valence-electron chi connectivity index (χ1n) is 11.2. The Morgan fingerprint density at radius 2 is 1.91 bits per heavy atom. The highest BCUT2D eigenvalue weighted by atomic mass is 16.7. The summed E-state index contributed by atoms with van der Waals surface area (Å²) in [7, 11) is 0. The molecule has 0 unspecified atom stereocenters. The van der Waals surface area contributed by atoms with E-state index in [1.54, 1.807) is 4.90 Å². The lowest BCUT2D eigenvalue weighted by molar-refractivity contribution is -0.123. The van der Waals surface area contributed by atoms with Gasteiger partial charge in [-0.15, -0.1) is 0 Å². The third-order valence-corrected chi connectivity index (χ3v) is 5.89. The molecule has 0 radical (unpaired) electrons. The predicted octanol–water partition coefficient (Wildman–Crippen LogP) is 3.03. The lowest BCUT2D eigenvalue weighted by atomic mass is 10.0. The van der Waals surface area contributed by atoms with E-state index >= 15 is 0 Å². The number of benzene rings is 2. The average molecular weight is 450 g/mol. The summed E-state index contributed by atoms with van der Waals surface area (Å²) >= 11 is 0. The van der Waals surface area contributed by atoms with Crippen molar-refractivity contribution in [1.29, 1.82) is 0 Å². The van der Waals surface area contributed by atoms with Gasteiger partial charge < -0.3 is 24.7 Å². The van der Waals surface area contributed by atoms with Gasteiger partial charge in [0, 0.05) is 19.6 Å². The van der Waals surface area contributed by atoms with Gasteiger partial charge in [-0.3, -0.25) is 9.69 Å². The summed E-state index contributed by atoms with van der Waals surface area (Å²) in [5.41, 5.74) is 2.75. The van der Waals surface area contributed by atoms with E-state index in [-0.39, 0.29) is 24.6 Å². The molecule has 3 aromatic rings. The first-order valence-corrected chi connectivity index (χ1v) is 11.2. The summed E-state index contributed by atoms with van der Waals surface area (Å²) in [6.45, 7) is 5.79. The highest BCUT2D eigenvalue weighted by Gasteiger charge is 2.31. The van der Waals surface area contributed by atoms with E-state index in [9.17, 15) is 9.59 Å². The molecule has 0 saturated heterocycles. The van der Waals surface area contributed by atoms with Gasteiger partial charge in [-0.25, -0.2) is 9.78 Å². The number of anilines is 1. The molecule has 2 aromatic carbocycles. The van der Waals surface area contributed by atoms with Crippen LogP contribution in [0.2, 0.25) is 0 Å². The van der Waals surface area contributed by atoms with E-state index in [2.05, 4.69) is 15.6 Å². The van der Waals surface area contributed by atoms with Crippen LogP contribution in [0.15, 0.2) is 42.5 Å². The topological polar surface area (TPSA) is 97.7 Å². The number of nitrogens with one attached hydrogen (secondary N) is 2. The van der Waals surface area contributed by atoms with Crippen molar-refractivity contribution in [3.8, 4) is 11.5 Å². The second kappa shape index (κ2) is 8.65. The molecule has 0 fully saturated rings. The second-order valence-electron chi connectivity index (χ2n) is 8.74. The van der Waals surface area contributed by atoms with Crippen molar-refractivity contribution in [3.63, 3.8) is 0 Å². The lowest BCUT2D eigenvalue weighted by Crippen LogP contribution is -2.51. The molecule has 0 spiro atoms. The quantitative estimate of drug-likeness (QED) is 0.603. The van der Waals surface area contributed by atoms with Crippen LogP contribution in [-0.4, -0.2) is 40.9 Å². The van der Waals surface area contributed by atoms with Crippen LogP contribution in [0.4, 0.5) is 10.7 Å². The average Bonchev–Trinajstić information content (AvgIpc) is 3.51. The van der Waals surface area contributed by atoms with Crippen molar-refractivity contribution >= 4 is 28.9 Å². The number of ether oxygens (including phenoxy) is 2. The number of hydrogen-bond acceptors (Lipinski definition) is 5. The fourth-order valence-electron chi connectivity index (χ4n) is 4.27. The molecule has 0 aliphatic carbocycles. The maximum absolute atomic E-state index is 13.1. The van der Waals surface area contributed by atoms with E-state index < -0.39 is 6.04 Å². The van der Waals surface area contributed by atoms with E-state index in [0.717, 1.165) is 16.6 Å². The number of urea groups is 1. The van der Waals surface area contributed by atoms with E-state index in [4.69, 9.17) is 9.47 Å². The number of amides is 3. The zero-order chi connectivity index (χ0) is 22.9. The molecule has 9 nitrogen and oxygen atoms in total. The van der Waals surface area contributed by atoms with Crippen molar-refractivity contribution in [2.24, 2.45) is 5.92 Å². The van der Waals surface area contributed by atoms with Crippen LogP contribution in [0.25, 0.3) is 11.0 Å². The number of nitrogens with zero attached hydrogens (tertiary/aromatic N) is 3. The number of fused-ring (bicyclic) bond motifs is 4. The van der Waals surface area contributed by atoms with Gasteiger partial charge in [0.1, 0.15) is 6.04 Å². The summed E-state index contributed by atoms with van der Waals surface area (Å²) in [6, 6.07) is 12.4. The van der Waals surface area contributed by atoms with Crippen molar-refractivity contribution in [3.05, 3.63) is 48.0 Å². The summed E-state index contributed by atoms with van der Waals surface area (Å²) < 4.78 is 12.8. The van der Waals surface area contributed by atoms with Gasteiger partial charge >= 0.3 is 6.03 Å². The van der Waals surface area contributed by atoms with Crippen LogP contribution in [0.3, 0.4) is 0 Å². The van der Waals surface area contributed by atoms with Crippen molar-refractivity contribution < 1.29 is 19.1 Å². The fraction of sp³-hybridized carbons (Fsp3) is 0.375. The Hall–Kier alpha value is -3.75. The molecular weight excluding hydrogens is 422 g/mol. The van der Waals surface area contributed by atoms with Gasteiger partial charge in [-0.2, -0.15) is 0 Å². The number of carbonyl (C=O) groups is 2. The summed E-state index contributed by atoms with van der Waals surface area (Å²) in [5.74, 6) is 1.99. The number of carbonyl (C=O) groups excluding carboxylic acids is 2. The first-order chi connectivity index (χ1) is 16.0. The zero-order valence-electron chi connectivity index (χ0n) is 18.7. The number of rotatable bonds is 6. The SMILES string of the molecule is CC(C)C[C@H](NC(=O)N1CCn2c1nc1ccccc12)C(=O)NCc1ccc2c(c1)OCO2. The zero-order valence-corrected chi connectivity index (χ0v) is 18.7. The molecule has 1 atom stereocenters. The Balaban J connectivity index is 1.26. The number of para-hydroxylation sites is 2. The summed E-state index contributed by atoms with van der Waals surface area (Å²) in [6.07, 6.45) is 0.531. The Morgan fingerprint density at radius 1 is 1.09 bits per heavy atom. The van der Waals surface area contributed by atoms with E-state index in [1.807, 2.05) is 60.9 Å². The molecule has 0 bridgehead atoms. The molecule has 172 valence electrons. The van der Waals surface area contributed by atoms with Gasteiger partial charge in [0.2, 0.25) is 18.6 Å².